The van der Waals surface area contributed by atoms with Gasteiger partial charge in [-0.3, -0.25) is 4.90 Å². The quantitative estimate of drug-likeness (QED) is 0.631. The summed E-state index contributed by atoms with van der Waals surface area (Å²) in [6.45, 7) is 2.88. The van der Waals surface area contributed by atoms with Gasteiger partial charge in [-0.25, -0.2) is 0 Å². The highest BCUT2D eigenvalue weighted by atomic mass is 32.1. The molecule has 1 rings (SSSR count). The molecule has 0 unspecified atom stereocenters. The van der Waals surface area contributed by atoms with Crippen LogP contribution >= 0.6 is 12.6 Å². The van der Waals surface area contributed by atoms with E-state index in [1.807, 2.05) is 19.2 Å². The lowest BCUT2D eigenvalue weighted by molar-refractivity contribution is 0.357. The summed E-state index contributed by atoms with van der Waals surface area (Å²) in [7, 11) is 5.36. The third-order valence-electron chi connectivity index (χ3n) is 2.53. The van der Waals surface area contributed by atoms with E-state index in [9.17, 15) is 0 Å². The van der Waals surface area contributed by atoms with E-state index in [4.69, 9.17) is 9.47 Å². The number of rotatable bonds is 5. The highest BCUT2D eigenvalue weighted by Crippen LogP contribution is 2.29. The van der Waals surface area contributed by atoms with Crippen LogP contribution in [0.3, 0.4) is 0 Å². The van der Waals surface area contributed by atoms with Crippen molar-refractivity contribution in [1.29, 1.82) is 0 Å². The second-order valence-electron chi connectivity index (χ2n) is 3.78. The van der Waals surface area contributed by atoms with Gasteiger partial charge in [0.2, 0.25) is 0 Å². The summed E-state index contributed by atoms with van der Waals surface area (Å²) in [6, 6.07) is 3.93. The molecule has 1 aromatic rings. The Kier molecular flexibility index (Phi) is 4.96. The molecule has 0 aliphatic rings. The van der Waals surface area contributed by atoms with Crippen LogP contribution in [0.1, 0.15) is 11.1 Å². The molecule has 90 valence electrons. The fourth-order valence-electron chi connectivity index (χ4n) is 1.58. The van der Waals surface area contributed by atoms with Crippen LogP contribution in [0.5, 0.6) is 11.5 Å². The molecule has 0 heterocycles. The number of benzene rings is 1. The summed E-state index contributed by atoms with van der Waals surface area (Å²) >= 11 is 4.24. The third-order valence-corrected chi connectivity index (χ3v) is 3.01. The highest BCUT2D eigenvalue weighted by Gasteiger charge is 2.10. The lowest BCUT2D eigenvalue weighted by Gasteiger charge is -2.18. The molecule has 4 heteroatoms. The average molecular weight is 241 g/mol. The van der Waals surface area contributed by atoms with Crippen molar-refractivity contribution < 1.29 is 9.47 Å². The molecule has 16 heavy (non-hydrogen) atoms. The summed E-state index contributed by atoms with van der Waals surface area (Å²) < 4.78 is 10.6. The molecule has 0 bridgehead atoms. The predicted molar refractivity (Wildman–Crippen MR) is 69.6 cm³/mol. The molecule has 0 spiro atoms. The molecule has 0 aromatic heterocycles. The number of hydrogen-bond acceptors (Lipinski definition) is 4. The van der Waals surface area contributed by atoms with E-state index in [2.05, 4.69) is 24.5 Å². The summed E-state index contributed by atoms with van der Waals surface area (Å²) in [5.74, 6) is 2.41. The summed E-state index contributed by atoms with van der Waals surface area (Å²) in [5, 5.41) is 0. The first-order valence-corrected chi connectivity index (χ1v) is 5.76. The molecule has 3 nitrogen and oxygen atoms in total. The van der Waals surface area contributed by atoms with Crippen LogP contribution in [-0.2, 0) is 6.54 Å². The van der Waals surface area contributed by atoms with Crippen LogP contribution in [-0.4, -0.2) is 32.0 Å². The molecule has 1 aromatic carbocycles. The van der Waals surface area contributed by atoms with Crippen LogP contribution in [0.4, 0.5) is 0 Å². The zero-order chi connectivity index (χ0) is 12.1. The van der Waals surface area contributed by atoms with Gasteiger partial charge in [0.25, 0.3) is 0 Å². The third kappa shape index (κ3) is 3.06. The molecule has 0 atom stereocenters. The zero-order valence-corrected chi connectivity index (χ0v) is 11.2. The van der Waals surface area contributed by atoms with E-state index in [1.165, 1.54) is 11.1 Å². The van der Waals surface area contributed by atoms with Gasteiger partial charge in [0.15, 0.2) is 0 Å². The number of aryl methyl sites for hydroxylation is 1. The summed E-state index contributed by atoms with van der Waals surface area (Å²) in [4.78, 5) is 2.11. The van der Waals surface area contributed by atoms with E-state index in [-0.39, 0.29) is 0 Å². The normalized spacial score (nSPS) is 10.6. The summed E-state index contributed by atoms with van der Waals surface area (Å²) in [6.07, 6.45) is 0. The Bertz CT molecular complexity index is 355. The van der Waals surface area contributed by atoms with Crippen molar-refractivity contribution in [2.24, 2.45) is 0 Å². The van der Waals surface area contributed by atoms with Crippen molar-refractivity contribution in [2.75, 3.05) is 27.1 Å². The second kappa shape index (κ2) is 6.01. The van der Waals surface area contributed by atoms with Gasteiger partial charge in [-0.2, -0.15) is 12.6 Å². The van der Waals surface area contributed by atoms with Gasteiger partial charge in [0.1, 0.15) is 11.5 Å². The minimum Gasteiger partial charge on any atom is -0.497 e. The lowest BCUT2D eigenvalue weighted by atomic mass is 10.1. The molecule has 0 aliphatic heterocycles. The van der Waals surface area contributed by atoms with Crippen LogP contribution in [0.15, 0.2) is 12.1 Å². The number of nitrogens with zero attached hydrogens (tertiary/aromatic N) is 1. The minimum atomic E-state index is 0.717. The van der Waals surface area contributed by atoms with Crippen molar-refractivity contribution >= 4 is 12.6 Å². The maximum absolute atomic E-state index is 5.38. The first-order valence-electron chi connectivity index (χ1n) is 5.13. The molecular formula is C12H19NO2S. The van der Waals surface area contributed by atoms with E-state index >= 15 is 0 Å². The van der Waals surface area contributed by atoms with E-state index in [1.54, 1.807) is 14.2 Å². The van der Waals surface area contributed by atoms with Gasteiger partial charge in [0.05, 0.1) is 14.2 Å². The predicted octanol–water partition coefficient (Wildman–Crippen LogP) is 2.33. The Morgan fingerprint density at radius 1 is 1.25 bits per heavy atom. The number of thiol groups is 1. The Morgan fingerprint density at radius 3 is 2.44 bits per heavy atom. The average Bonchev–Trinajstić information content (AvgIpc) is 2.30. The van der Waals surface area contributed by atoms with Gasteiger partial charge in [-0.05, 0) is 25.6 Å². The Balaban J connectivity index is 3.06. The highest BCUT2D eigenvalue weighted by molar-refractivity contribution is 7.80. The minimum absolute atomic E-state index is 0.717. The lowest BCUT2D eigenvalue weighted by Crippen LogP contribution is -2.16. The van der Waals surface area contributed by atoms with Crippen molar-refractivity contribution in [1.82, 2.24) is 4.90 Å². The molecule has 0 fully saturated rings. The molecule has 0 aliphatic carbocycles. The van der Waals surface area contributed by atoms with Gasteiger partial charge in [0, 0.05) is 24.1 Å². The standard InChI is InChI=1S/C12H19NO2S/c1-9-5-10(14-3)6-12(15-4)11(9)7-13(2)8-16/h5-6,16H,7-8H2,1-4H3. The molecule has 0 amide bonds. The molecule has 0 saturated carbocycles. The SMILES string of the molecule is COc1cc(C)c(CN(C)CS)c(OC)c1. The maximum atomic E-state index is 5.38. The van der Waals surface area contributed by atoms with Crippen molar-refractivity contribution in [3.63, 3.8) is 0 Å². The van der Waals surface area contributed by atoms with Crippen LogP contribution in [0.25, 0.3) is 0 Å². The van der Waals surface area contributed by atoms with E-state index in [0.29, 0.717) is 5.88 Å². The number of methoxy groups -OCH3 is 2. The largest absolute Gasteiger partial charge is 0.497 e. The van der Waals surface area contributed by atoms with Gasteiger partial charge < -0.3 is 9.47 Å². The number of hydrogen-bond donors (Lipinski definition) is 1. The van der Waals surface area contributed by atoms with E-state index < -0.39 is 0 Å². The zero-order valence-electron chi connectivity index (χ0n) is 10.3. The summed E-state index contributed by atoms with van der Waals surface area (Å²) in [5.41, 5.74) is 2.35. The molecular weight excluding hydrogens is 222 g/mol. The van der Waals surface area contributed by atoms with Gasteiger partial charge in [-0.15, -0.1) is 0 Å². The van der Waals surface area contributed by atoms with Crippen LogP contribution < -0.4 is 9.47 Å². The van der Waals surface area contributed by atoms with Gasteiger partial charge in [-0.1, -0.05) is 0 Å². The van der Waals surface area contributed by atoms with Crippen molar-refractivity contribution in [3.05, 3.63) is 23.3 Å². The Hall–Kier alpha value is -0.870. The van der Waals surface area contributed by atoms with Crippen molar-refractivity contribution in [3.8, 4) is 11.5 Å². The molecule has 0 N–H and O–H groups in total. The molecule has 0 saturated heterocycles. The van der Waals surface area contributed by atoms with Crippen LogP contribution in [0.2, 0.25) is 0 Å². The fourth-order valence-corrected chi connectivity index (χ4v) is 1.68. The maximum Gasteiger partial charge on any atom is 0.127 e. The first-order chi connectivity index (χ1) is 7.62. The van der Waals surface area contributed by atoms with E-state index in [0.717, 1.165) is 18.0 Å². The van der Waals surface area contributed by atoms with Gasteiger partial charge >= 0.3 is 0 Å². The fraction of sp³-hybridized carbons (Fsp3) is 0.500. The first kappa shape index (κ1) is 13.2. The van der Waals surface area contributed by atoms with Crippen LogP contribution in [0, 0.1) is 6.92 Å². The smallest absolute Gasteiger partial charge is 0.127 e. The Labute approximate surface area is 103 Å². The Morgan fingerprint density at radius 2 is 1.94 bits per heavy atom. The monoisotopic (exact) mass is 241 g/mol. The number of ether oxygens (including phenoxy) is 2. The molecule has 0 radical (unpaired) electrons. The second-order valence-corrected chi connectivity index (χ2v) is 4.06. The van der Waals surface area contributed by atoms with Crippen molar-refractivity contribution in [2.45, 2.75) is 13.5 Å². The topological polar surface area (TPSA) is 21.7 Å².